The van der Waals surface area contributed by atoms with Crippen LogP contribution >= 0.6 is 0 Å². The van der Waals surface area contributed by atoms with Crippen LogP contribution in [0.2, 0.25) is 0 Å². The van der Waals surface area contributed by atoms with Gasteiger partial charge in [0.1, 0.15) is 0 Å². The van der Waals surface area contributed by atoms with Crippen LogP contribution < -0.4 is 16.1 Å². The van der Waals surface area contributed by atoms with Gasteiger partial charge in [-0.2, -0.15) is 0 Å². The Hall–Kier alpha value is -2.48. The van der Waals surface area contributed by atoms with E-state index in [1.807, 2.05) is 0 Å². The highest BCUT2D eigenvalue weighted by atomic mass is 16.5. The minimum Gasteiger partial charge on any atom is -0.381 e. The second kappa shape index (κ2) is 7.74. The topological polar surface area (TPSA) is 83.7 Å². The molecule has 4 heterocycles. The second-order valence-electron chi connectivity index (χ2n) is 8.04. The predicted molar refractivity (Wildman–Crippen MR) is 111 cm³/mol. The highest BCUT2D eigenvalue weighted by Gasteiger charge is 2.38. The van der Waals surface area contributed by atoms with Crippen molar-refractivity contribution < 1.29 is 9.53 Å². The van der Waals surface area contributed by atoms with Gasteiger partial charge in [0.05, 0.1) is 23.0 Å². The molecule has 1 amide bonds. The zero-order valence-corrected chi connectivity index (χ0v) is 16.5. The van der Waals surface area contributed by atoms with Crippen LogP contribution in [0.25, 0.3) is 11.3 Å². The Labute approximate surface area is 170 Å². The highest BCUT2D eigenvalue weighted by Crippen LogP contribution is 2.39. The first-order valence-corrected chi connectivity index (χ1v) is 10.4. The SMILES string of the molecule is NC(=O)c1cccnc1-c1ccc2c(c1)CN(C1CCNC1)N2C1CCOCC1. The van der Waals surface area contributed by atoms with E-state index in [-0.39, 0.29) is 0 Å². The monoisotopic (exact) mass is 393 g/mol. The van der Waals surface area contributed by atoms with Crippen LogP contribution in [-0.2, 0) is 11.3 Å². The summed E-state index contributed by atoms with van der Waals surface area (Å²) in [5.74, 6) is -0.448. The van der Waals surface area contributed by atoms with Crippen molar-refractivity contribution in [2.75, 3.05) is 31.3 Å². The molecule has 0 bridgehead atoms. The number of nitrogens with zero attached hydrogens (tertiary/aromatic N) is 3. The standard InChI is InChI=1S/C22H27N5O2/c23-22(28)19-2-1-8-25-21(19)15-3-4-20-16(12-15)14-26(18-5-9-24-13-18)27(20)17-6-10-29-11-7-17/h1-4,8,12,17-18,24H,5-7,9-11,13-14H2,(H2,23,28). The lowest BCUT2D eigenvalue weighted by Gasteiger charge is -2.41. The van der Waals surface area contributed by atoms with Gasteiger partial charge in [0.2, 0.25) is 0 Å². The number of hydrogen-bond donors (Lipinski definition) is 2. The molecule has 29 heavy (non-hydrogen) atoms. The summed E-state index contributed by atoms with van der Waals surface area (Å²) in [5, 5.41) is 8.56. The van der Waals surface area contributed by atoms with Crippen LogP contribution in [0.1, 0.15) is 35.2 Å². The number of nitrogens with two attached hydrogens (primary N) is 1. The van der Waals surface area contributed by atoms with Gasteiger partial charge in [0.15, 0.2) is 0 Å². The van der Waals surface area contributed by atoms with Crippen LogP contribution in [0, 0.1) is 0 Å². The number of carbonyl (C=O) groups excluding carboxylic acids is 1. The average Bonchev–Trinajstić information content (AvgIpc) is 3.41. The Bertz CT molecular complexity index is 906. The average molecular weight is 393 g/mol. The quantitative estimate of drug-likeness (QED) is 0.826. The summed E-state index contributed by atoms with van der Waals surface area (Å²) in [7, 11) is 0. The largest absolute Gasteiger partial charge is 0.381 e. The van der Waals surface area contributed by atoms with Crippen molar-refractivity contribution in [2.24, 2.45) is 5.73 Å². The Morgan fingerprint density at radius 1 is 1.17 bits per heavy atom. The number of pyridine rings is 1. The minimum atomic E-state index is -0.448. The third-order valence-corrected chi connectivity index (χ3v) is 6.27. The molecule has 2 aromatic rings. The smallest absolute Gasteiger partial charge is 0.250 e. The third kappa shape index (κ3) is 3.39. The molecule has 0 saturated carbocycles. The van der Waals surface area contributed by atoms with Gasteiger partial charge in [-0.05, 0) is 55.6 Å². The Balaban J connectivity index is 1.52. The van der Waals surface area contributed by atoms with Crippen molar-refractivity contribution >= 4 is 11.6 Å². The second-order valence-corrected chi connectivity index (χ2v) is 8.04. The van der Waals surface area contributed by atoms with Crippen molar-refractivity contribution in [3.63, 3.8) is 0 Å². The first-order chi connectivity index (χ1) is 14.2. The van der Waals surface area contributed by atoms with Gasteiger partial charge in [0, 0.05) is 44.1 Å². The molecule has 152 valence electrons. The minimum absolute atomic E-state index is 0.448. The van der Waals surface area contributed by atoms with E-state index < -0.39 is 5.91 Å². The number of hydrazine groups is 1. The van der Waals surface area contributed by atoms with Crippen LogP contribution in [0.15, 0.2) is 36.5 Å². The predicted octanol–water partition coefficient (Wildman–Crippen LogP) is 1.93. The van der Waals surface area contributed by atoms with Crippen LogP contribution in [0.5, 0.6) is 0 Å². The lowest BCUT2D eigenvalue weighted by atomic mass is 10.0. The summed E-state index contributed by atoms with van der Waals surface area (Å²) >= 11 is 0. The van der Waals surface area contributed by atoms with Gasteiger partial charge in [0.25, 0.3) is 5.91 Å². The molecule has 2 saturated heterocycles. The summed E-state index contributed by atoms with van der Waals surface area (Å²) in [5.41, 5.74) is 10.2. The maximum absolute atomic E-state index is 11.9. The van der Waals surface area contributed by atoms with Crippen molar-refractivity contribution in [2.45, 2.75) is 37.9 Å². The number of nitrogens with one attached hydrogen (secondary N) is 1. The fourth-order valence-corrected chi connectivity index (χ4v) is 4.84. The number of ether oxygens (including phenoxy) is 1. The van der Waals surface area contributed by atoms with Crippen molar-refractivity contribution in [3.8, 4) is 11.3 Å². The summed E-state index contributed by atoms with van der Waals surface area (Å²) in [6.07, 6.45) is 4.96. The van der Waals surface area contributed by atoms with Gasteiger partial charge in [-0.15, -0.1) is 0 Å². The van der Waals surface area contributed by atoms with Gasteiger partial charge in [-0.25, -0.2) is 5.01 Å². The molecule has 5 rings (SSSR count). The molecule has 1 aromatic heterocycles. The summed E-state index contributed by atoms with van der Waals surface area (Å²) in [6, 6.07) is 10.9. The molecule has 7 nitrogen and oxygen atoms in total. The number of primary amides is 1. The zero-order chi connectivity index (χ0) is 19.8. The first kappa shape index (κ1) is 18.5. The Morgan fingerprint density at radius 3 is 2.79 bits per heavy atom. The molecule has 1 atom stereocenters. The van der Waals surface area contributed by atoms with Gasteiger partial charge in [-0.3, -0.25) is 9.78 Å². The molecule has 2 fully saturated rings. The van der Waals surface area contributed by atoms with E-state index >= 15 is 0 Å². The van der Waals surface area contributed by atoms with Crippen molar-refractivity contribution in [3.05, 3.63) is 47.7 Å². The fourth-order valence-electron chi connectivity index (χ4n) is 4.84. The summed E-state index contributed by atoms with van der Waals surface area (Å²) < 4.78 is 5.61. The number of rotatable bonds is 4. The number of anilines is 1. The van der Waals surface area contributed by atoms with E-state index in [1.54, 1.807) is 18.3 Å². The van der Waals surface area contributed by atoms with E-state index in [1.165, 1.54) is 11.3 Å². The summed E-state index contributed by atoms with van der Waals surface area (Å²) in [6.45, 7) is 4.61. The first-order valence-electron chi connectivity index (χ1n) is 10.4. The lowest BCUT2D eigenvalue weighted by Crippen LogP contribution is -2.52. The highest BCUT2D eigenvalue weighted by molar-refractivity contribution is 5.98. The Morgan fingerprint density at radius 2 is 2.03 bits per heavy atom. The Kier molecular flexibility index (Phi) is 4.95. The lowest BCUT2D eigenvalue weighted by molar-refractivity contribution is 0.0628. The van der Waals surface area contributed by atoms with Crippen molar-refractivity contribution in [1.82, 2.24) is 15.3 Å². The molecule has 0 radical (unpaired) electrons. The number of amides is 1. The van der Waals surface area contributed by atoms with Crippen LogP contribution in [0.4, 0.5) is 5.69 Å². The molecule has 1 unspecified atom stereocenters. The van der Waals surface area contributed by atoms with E-state index in [2.05, 4.69) is 38.5 Å². The van der Waals surface area contributed by atoms with Crippen molar-refractivity contribution in [1.29, 1.82) is 0 Å². The number of benzene rings is 1. The molecular formula is C22H27N5O2. The molecular weight excluding hydrogens is 366 g/mol. The number of aromatic nitrogens is 1. The van der Waals surface area contributed by atoms with E-state index in [0.29, 0.717) is 23.3 Å². The third-order valence-electron chi connectivity index (χ3n) is 6.27. The maximum Gasteiger partial charge on any atom is 0.250 e. The zero-order valence-electron chi connectivity index (χ0n) is 16.5. The maximum atomic E-state index is 11.9. The van der Waals surface area contributed by atoms with E-state index in [9.17, 15) is 4.79 Å². The fraction of sp³-hybridized carbons (Fsp3) is 0.455. The molecule has 1 aromatic carbocycles. The van der Waals surface area contributed by atoms with Gasteiger partial charge in [-0.1, -0.05) is 6.07 Å². The van der Waals surface area contributed by atoms with Gasteiger partial charge >= 0.3 is 0 Å². The van der Waals surface area contributed by atoms with E-state index in [4.69, 9.17) is 10.5 Å². The summed E-state index contributed by atoms with van der Waals surface area (Å²) in [4.78, 5) is 16.3. The van der Waals surface area contributed by atoms with E-state index in [0.717, 1.165) is 57.7 Å². The molecule has 3 aliphatic rings. The molecule has 0 aliphatic carbocycles. The molecule has 7 heteroatoms. The number of hydrogen-bond acceptors (Lipinski definition) is 6. The van der Waals surface area contributed by atoms with Crippen LogP contribution in [-0.4, -0.2) is 54.3 Å². The van der Waals surface area contributed by atoms with Crippen LogP contribution in [0.3, 0.4) is 0 Å². The number of carbonyl (C=O) groups is 1. The molecule has 0 spiro atoms. The molecule has 3 aliphatic heterocycles. The van der Waals surface area contributed by atoms with Gasteiger partial charge < -0.3 is 20.8 Å². The molecule has 3 N–H and O–H groups in total. The number of fused-ring (bicyclic) bond motifs is 1. The normalized spacial score (nSPS) is 22.8.